The van der Waals surface area contributed by atoms with Crippen LogP contribution in [-0.4, -0.2) is 80.3 Å². The van der Waals surface area contributed by atoms with Gasteiger partial charge in [0.15, 0.2) is 0 Å². The van der Waals surface area contributed by atoms with Crippen LogP contribution < -0.4 is 0 Å². The van der Waals surface area contributed by atoms with Gasteiger partial charge in [-0.15, -0.1) is 0 Å². The van der Waals surface area contributed by atoms with Crippen LogP contribution in [0, 0.1) is 0 Å². The fourth-order valence-corrected chi connectivity index (χ4v) is 1.36. The Morgan fingerprint density at radius 3 is 1.59 bits per heavy atom. The van der Waals surface area contributed by atoms with Crippen LogP contribution in [0.5, 0.6) is 0 Å². The van der Waals surface area contributed by atoms with Gasteiger partial charge in [0.2, 0.25) is 0 Å². The van der Waals surface area contributed by atoms with Crippen LogP contribution in [0.15, 0.2) is 0 Å². The van der Waals surface area contributed by atoms with Crippen molar-refractivity contribution in [2.24, 2.45) is 0 Å². The highest BCUT2D eigenvalue weighted by Gasteiger charge is 2.04. The quantitative estimate of drug-likeness (QED) is 0.456. The molecule has 2 atom stereocenters. The zero-order chi connectivity index (χ0) is 17.1. The Morgan fingerprint density at radius 2 is 1.18 bits per heavy atom. The summed E-state index contributed by atoms with van der Waals surface area (Å²) in [5.41, 5.74) is 0. The first kappa shape index (κ1) is 24.0. The van der Waals surface area contributed by atoms with Gasteiger partial charge in [-0.3, -0.25) is 0 Å². The van der Waals surface area contributed by atoms with E-state index in [1.807, 2.05) is 13.8 Å². The van der Waals surface area contributed by atoms with Crippen LogP contribution in [0.2, 0.25) is 0 Å². The van der Waals surface area contributed by atoms with Crippen LogP contribution in [0.1, 0.15) is 26.7 Å². The van der Waals surface area contributed by atoms with Crippen LogP contribution in [0.4, 0.5) is 0 Å². The molecule has 0 spiro atoms. The van der Waals surface area contributed by atoms with Crippen LogP contribution in [0.25, 0.3) is 0 Å². The lowest BCUT2D eigenvalue weighted by molar-refractivity contribution is -0.0386. The van der Waals surface area contributed by atoms with Gasteiger partial charge in [0, 0.05) is 54.9 Å². The molecular formula is C16H36O6. The lowest BCUT2D eigenvalue weighted by Gasteiger charge is -2.14. The Kier molecular flexibility index (Phi) is 22.7. The van der Waals surface area contributed by atoms with E-state index < -0.39 is 0 Å². The average molecular weight is 324 g/mol. The van der Waals surface area contributed by atoms with E-state index in [1.165, 1.54) is 0 Å². The highest BCUT2D eigenvalue weighted by molar-refractivity contribution is 4.50. The minimum absolute atomic E-state index is 0.151. The van der Waals surface area contributed by atoms with Crippen molar-refractivity contribution in [1.29, 1.82) is 0 Å². The fourth-order valence-electron chi connectivity index (χ4n) is 1.36. The van der Waals surface area contributed by atoms with Gasteiger partial charge in [-0.25, -0.2) is 0 Å². The fraction of sp³-hybridized carbons (Fsp3) is 1.00. The van der Waals surface area contributed by atoms with E-state index in [0.29, 0.717) is 13.2 Å². The summed E-state index contributed by atoms with van der Waals surface area (Å²) >= 11 is 0. The summed E-state index contributed by atoms with van der Waals surface area (Å²) in [6, 6.07) is 0. The van der Waals surface area contributed by atoms with E-state index in [2.05, 4.69) is 0 Å². The van der Waals surface area contributed by atoms with Crippen LogP contribution in [0.3, 0.4) is 0 Å². The van der Waals surface area contributed by atoms with Gasteiger partial charge in [0.05, 0.1) is 25.4 Å². The minimum atomic E-state index is 0.151. The molecule has 0 aromatic rings. The second-order valence-corrected chi connectivity index (χ2v) is 4.95. The Hall–Kier alpha value is -0.240. The SMILES string of the molecule is COCC(C)OCC(C)OC.COCCCOCCCOC. The maximum atomic E-state index is 5.39. The summed E-state index contributed by atoms with van der Waals surface area (Å²) in [4.78, 5) is 0. The molecule has 0 radical (unpaired) electrons. The van der Waals surface area contributed by atoms with Crippen molar-refractivity contribution >= 4 is 0 Å². The van der Waals surface area contributed by atoms with Gasteiger partial charge < -0.3 is 28.4 Å². The normalized spacial score (nSPS) is 13.4. The van der Waals surface area contributed by atoms with Crippen LogP contribution >= 0.6 is 0 Å². The molecule has 0 amide bonds. The van der Waals surface area contributed by atoms with E-state index in [9.17, 15) is 0 Å². The molecule has 0 aliphatic carbocycles. The molecule has 0 saturated carbocycles. The van der Waals surface area contributed by atoms with E-state index >= 15 is 0 Å². The molecule has 0 heterocycles. The number of hydrogen-bond donors (Lipinski definition) is 0. The third-order valence-electron chi connectivity index (χ3n) is 2.69. The van der Waals surface area contributed by atoms with E-state index in [4.69, 9.17) is 28.4 Å². The maximum absolute atomic E-state index is 5.39. The lowest BCUT2D eigenvalue weighted by atomic mass is 10.4. The van der Waals surface area contributed by atoms with Crippen molar-refractivity contribution in [3.05, 3.63) is 0 Å². The molecular weight excluding hydrogens is 288 g/mol. The first-order valence-corrected chi connectivity index (χ1v) is 7.81. The standard InChI is InChI=1S/2C8H18O3/c1-7(10-4)6-11-8(2)5-9-3;1-9-5-3-7-11-8-4-6-10-2/h7-8H,5-6H2,1-4H3;3-8H2,1-2H3. The molecule has 2 unspecified atom stereocenters. The topological polar surface area (TPSA) is 55.4 Å². The summed E-state index contributed by atoms with van der Waals surface area (Å²) in [5, 5.41) is 0. The minimum Gasteiger partial charge on any atom is -0.385 e. The Labute approximate surface area is 136 Å². The summed E-state index contributed by atoms with van der Waals surface area (Å²) in [7, 11) is 6.74. The number of methoxy groups -OCH3 is 4. The molecule has 0 aromatic carbocycles. The van der Waals surface area contributed by atoms with Gasteiger partial charge in [0.1, 0.15) is 0 Å². The van der Waals surface area contributed by atoms with Crippen LogP contribution in [-0.2, 0) is 28.4 Å². The average Bonchev–Trinajstić information content (AvgIpc) is 2.52. The second kappa shape index (κ2) is 20.8. The van der Waals surface area contributed by atoms with Gasteiger partial charge in [0.25, 0.3) is 0 Å². The zero-order valence-electron chi connectivity index (χ0n) is 15.3. The molecule has 0 N–H and O–H groups in total. The highest BCUT2D eigenvalue weighted by Crippen LogP contribution is 1.95. The van der Waals surface area contributed by atoms with Crippen molar-refractivity contribution in [3.8, 4) is 0 Å². The Morgan fingerprint density at radius 1 is 0.636 bits per heavy atom. The summed E-state index contributed by atoms with van der Waals surface area (Å²) in [6.45, 7) is 8.35. The molecule has 6 heteroatoms. The first-order chi connectivity index (χ1) is 10.6. The number of hydrogen-bond acceptors (Lipinski definition) is 6. The third-order valence-corrected chi connectivity index (χ3v) is 2.69. The number of ether oxygens (including phenoxy) is 6. The molecule has 0 bridgehead atoms. The molecule has 0 aromatic heterocycles. The van der Waals surface area contributed by atoms with Gasteiger partial charge in [-0.2, -0.15) is 0 Å². The lowest BCUT2D eigenvalue weighted by Crippen LogP contribution is -2.21. The molecule has 0 rings (SSSR count). The monoisotopic (exact) mass is 324 g/mol. The molecule has 0 aliphatic heterocycles. The van der Waals surface area contributed by atoms with E-state index in [-0.39, 0.29) is 12.2 Å². The molecule has 6 nitrogen and oxygen atoms in total. The Bertz CT molecular complexity index is 183. The molecule has 136 valence electrons. The smallest absolute Gasteiger partial charge is 0.0781 e. The summed E-state index contributed by atoms with van der Waals surface area (Å²) in [6.07, 6.45) is 2.26. The van der Waals surface area contributed by atoms with Gasteiger partial charge in [-0.1, -0.05) is 0 Å². The van der Waals surface area contributed by atoms with Gasteiger partial charge in [-0.05, 0) is 26.7 Å². The van der Waals surface area contributed by atoms with Crippen molar-refractivity contribution in [3.63, 3.8) is 0 Å². The predicted octanol–water partition coefficient (Wildman–Crippen LogP) is 2.15. The molecule has 0 fully saturated rings. The van der Waals surface area contributed by atoms with Gasteiger partial charge >= 0.3 is 0 Å². The van der Waals surface area contributed by atoms with Crippen molar-refractivity contribution in [2.75, 3.05) is 68.1 Å². The molecule has 0 saturated heterocycles. The third kappa shape index (κ3) is 22.0. The number of rotatable bonds is 14. The predicted molar refractivity (Wildman–Crippen MR) is 87.6 cm³/mol. The summed E-state index contributed by atoms with van der Waals surface area (Å²) < 4.78 is 30.3. The molecule has 0 aliphatic rings. The van der Waals surface area contributed by atoms with E-state index in [0.717, 1.165) is 39.3 Å². The van der Waals surface area contributed by atoms with E-state index in [1.54, 1.807) is 28.4 Å². The first-order valence-electron chi connectivity index (χ1n) is 7.81. The van der Waals surface area contributed by atoms with Crippen molar-refractivity contribution in [1.82, 2.24) is 0 Å². The summed E-state index contributed by atoms with van der Waals surface area (Å²) in [5.74, 6) is 0. The maximum Gasteiger partial charge on any atom is 0.0781 e. The molecule has 22 heavy (non-hydrogen) atoms. The highest BCUT2D eigenvalue weighted by atomic mass is 16.5. The van der Waals surface area contributed by atoms with Crippen molar-refractivity contribution in [2.45, 2.75) is 38.9 Å². The zero-order valence-corrected chi connectivity index (χ0v) is 15.3. The van der Waals surface area contributed by atoms with Crippen molar-refractivity contribution < 1.29 is 28.4 Å². The Balaban J connectivity index is 0. The largest absolute Gasteiger partial charge is 0.385 e. The second-order valence-electron chi connectivity index (χ2n) is 4.95.